The Bertz CT molecular complexity index is 356. The molecule has 1 aromatic rings. The fourth-order valence-electron chi connectivity index (χ4n) is 0.980. The van der Waals surface area contributed by atoms with Crippen LogP contribution in [0.2, 0.25) is 0 Å². The monoisotopic (exact) mass is 259 g/mol. The Morgan fingerprint density at radius 2 is 2.36 bits per heavy atom. The van der Waals surface area contributed by atoms with Gasteiger partial charge in [-0.1, -0.05) is 0 Å². The van der Waals surface area contributed by atoms with E-state index in [2.05, 4.69) is 20.9 Å². The van der Waals surface area contributed by atoms with Gasteiger partial charge in [0, 0.05) is 17.1 Å². The van der Waals surface area contributed by atoms with E-state index in [-0.39, 0.29) is 6.42 Å². The van der Waals surface area contributed by atoms with E-state index < -0.39 is 12.0 Å². The molecule has 76 valence electrons. The minimum Gasteiger partial charge on any atom is -0.480 e. The van der Waals surface area contributed by atoms with Crippen LogP contribution in [0.4, 0.5) is 5.82 Å². The summed E-state index contributed by atoms with van der Waals surface area (Å²) in [5.41, 5.74) is 11.6. The summed E-state index contributed by atoms with van der Waals surface area (Å²) >= 11 is 3.22. The number of anilines is 1. The first-order chi connectivity index (χ1) is 6.50. The predicted octanol–water partition coefficient (Wildman–Crippen LogP) is 0.381. The van der Waals surface area contributed by atoms with Crippen molar-refractivity contribution in [2.75, 3.05) is 5.73 Å². The zero-order valence-electron chi connectivity index (χ0n) is 7.27. The number of carbonyl (C=O) groups is 1. The number of pyridine rings is 1. The molecule has 0 saturated heterocycles. The van der Waals surface area contributed by atoms with Crippen LogP contribution in [0.5, 0.6) is 0 Å². The van der Waals surface area contributed by atoms with Crippen LogP contribution in [0.15, 0.2) is 16.7 Å². The molecule has 6 heteroatoms. The third kappa shape index (κ3) is 2.68. The maximum atomic E-state index is 10.5. The van der Waals surface area contributed by atoms with E-state index in [4.69, 9.17) is 16.6 Å². The van der Waals surface area contributed by atoms with Crippen molar-refractivity contribution in [3.05, 3.63) is 22.3 Å². The Labute approximate surface area is 89.2 Å². The number of carboxylic acid groups (broad SMARTS) is 1. The van der Waals surface area contributed by atoms with Crippen molar-refractivity contribution >= 4 is 27.7 Å². The summed E-state index contributed by atoms with van der Waals surface area (Å²) in [6.45, 7) is 0. The smallest absolute Gasteiger partial charge is 0.320 e. The van der Waals surface area contributed by atoms with Gasteiger partial charge in [0.2, 0.25) is 0 Å². The van der Waals surface area contributed by atoms with Gasteiger partial charge in [0.1, 0.15) is 11.9 Å². The van der Waals surface area contributed by atoms with Crippen molar-refractivity contribution in [1.29, 1.82) is 0 Å². The van der Waals surface area contributed by atoms with Crippen LogP contribution in [-0.2, 0) is 11.2 Å². The molecule has 0 bridgehead atoms. The number of nitrogens with two attached hydrogens (primary N) is 2. The molecule has 0 amide bonds. The fourth-order valence-corrected chi connectivity index (χ4v) is 1.36. The van der Waals surface area contributed by atoms with Crippen molar-refractivity contribution in [3.63, 3.8) is 0 Å². The second-order valence-electron chi connectivity index (χ2n) is 2.85. The average Bonchev–Trinajstić information content (AvgIpc) is 2.11. The number of rotatable bonds is 3. The molecule has 5 nitrogen and oxygen atoms in total. The zero-order valence-corrected chi connectivity index (χ0v) is 8.86. The summed E-state index contributed by atoms with van der Waals surface area (Å²) in [6.07, 6.45) is 1.72. The maximum Gasteiger partial charge on any atom is 0.320 e. The molecule has 14 heavy (non-hydrogen) atoms. The third-order valence-electron chi connectivity index (χ3n) is 1.73. The van der Waals surface area contributed by atoms with Gasteiger partial charge >= 0.3 is 5.97 Å². The third-order valence-corrected chi connectivity index (χ3v) is 2.16. The number of halogens is 1. The Balaban J connectivity index is 2.85. The van der Waals surface area contributed by atoms with Crippen LogP contribution in [0.25, 0.3) is 0 Å². The number of aliphatic carboxylic acids is 1. The first-order valence-corrected chi connectivity index (χ1v) is 4.68. The standard InChI is InChI=1S/C8H10BrN3O2/c9-5-1-4(7(11)12-3-5)2-6(10)8(13)14/h1,3,6H,2,10H2,(H2,11,12)(H,13,14)/t6-/m0/s1. The Morgan fingerprint density at radius 3 is 2.93 bits per heavy atom. The molecule has 0 aliphatic rings. The SMILES string of the molecule is Nc1ncc(Br)cc1C[C@H](N)C(=O)O. The molecule has 0 spiro atoms. The van der Waals surface area contributed by atoms with Crippen LogP contribution < -0.4 is 11.5 Å². The summed E-state index contributed by atoms with van der Waals surface area (Å²) in [6, 6.07) is 0.763. The van der Waals surface area contributed by atoms with Crippen molar-refractivity contribution in [3.8, 4) is 0 Å². The second-order valence-corrected chi connectivity index (χ2v) is 3.76. The van der Waals surface area contributed by atoms with Crippen LogP contribution in [0.3, 0.4) is 0 Å². The van der Waals surface area contributed by atoms with Gasteiger partial charge in [-0.3, -0.25) is 4.79 Å². The van der Waals surface area contributed by atoms with Crippen molar-refractivity contribution < 1.29 is 9.90 Å². The van der Waals surface area contributed by atoms with Crippen molar-refractivity contribution in [2.45, 2.75) is 12.5 Å². The molecule has 0 saturated carbocycles. The van der Waals surface area contributed by atoms with Gasteiger partial charge in [-0.05, 0) is 27.6 Å². The molecule has 0 radical (unpaired) electrons. The average molecular weight is 260 g/mol. The minimum absolute atomic E-state index is 0.174. The number of hydrogen-bond donors (Lipinski definition) is 3. The molecule has 0 aliphatic carbocycles. The first kappa shape index (κ1) is 10.9. The molecule has 1 rings (SSSR count). The summed E-state index contributed by atoms with van der Waals surface area (Å²) in [5.74, 6) is -0.741. The highest BCUT2D eigenvalue weighted by atomic mass is 79.9. The molecular weight excluding hydrogens is 250 g/mol. The highest BCUT2D eigenvalue weighted by molar-refractivity contribution is 9.10. The van der Waals surface area contributed by atoms with E-state index in [0.717, 1.165) is 4.47 Å². The fraction of sp³-hybridized carbons (Fsp3) is 0.250. The summed E-state index contributed by atoms with van der Waals surface area (Å²) in [4.78, 5) is 14.4. The van der Waals surface area contributed by atoms with Crippen LogP contribution in [0, 0.1) is 0 Å². The van der Waals surface area contributed by atoms with Crippen LogP contribution >= 0.6 is 15.9 Å². The van der Waals surface area contributed by atoms with Gasteiger partial charge in [-0.15, -0.1) is 0 Å². The van der Waals surface area contributed by atoms with Gasteiger partial charge in [0.25, 0.3) is 0 Å². The molecule has 1 heterocycles. The molecule has 0 aromatic carbocycles. The summed E-state index contributed by atoms with van der Waals surface area (Å²) in [7, 11) is 0. The quantitative estimate of drug-likeness (QED) is 0.729. The Kier molecular flexibility index (Phi) is 3.43. The molecule has 0 unspecified atom stereocenters. The topological polar surface area (TPSA) is 102 Å². The highest BCUT2D eigenvalue weighted by Gasteiger charge is 2.14. The van der Waals surface area contributed by atoms with Gasteiger partial charge in [0.05, 0.1) is 0 Å². The van der Waals surface area contributed by atoms with Crippen LogP contribution in [0.1, 0.15) is 5.56 Å². The molecule has 1 atom stereocenters. The number of hydrogen-bond acceptors (Lipinski definition) is 4. The zero-order chi connectivity index (χ0) is 10.7. The lowest BCUT2D eigenvalue weighted by molar-refractivity contribution is -0.138. The van der Waals surface area contributed by atoms with Crippen LogP contribution in [-0.4, -0.2) is 22.1 Å². The van der Waals surface area contributed by atoms with E-state index in [0.29, 0.717) is 11.4 Å². The lowest BCUT2D eigenvalue weighted by Crippen LogP contribution is -2.32. The minimum atomic E-state index is -1.05. The lowest BCUT2D eigenvalue weighted by Gasteiger charge is -2.08. The molecule has 0 fully saturated rings. The number of carboxylic acids is 1. The second kappa shape index (κ2) is 4.39. The highest BCUT2D eigenvalue weighted by Crippen LogP contribution is 2.16. The molecule has 5 N–H and O–H groups in total. The lowest BCUT2D eigenvalue weighted by atomic mass is 10.1. The normalized spacial score (nSPS) is 12.4. The number of aromatic nitrogens is 1. The summed E-state index contributed by atoms with van der Waals surface area (Å²) in [5, 5.41) is 8.61. The van der Waals surface area contributed by atoms with E-state index in [1.807, 2.05) is 0 Å². The van der Waals surface area contributed by atoms with Gasteiger partial charge in [0.15, 0.2) is 0 Å². The molecular formula is C8H10BrN3O2. The van der Waals surface area contributed by atoms with E-state index in [9.17, 15) is 4.79 Å². The first-order valence-electron chi connectivity index (χ1n) is 3.89. The van der Waals surface area contributed by atoms with Gasteiger partial charge in [-0.25, -0.2) is 4.98 Å². The molecule has 0 aliphatic heterocycles. The Morgan fingerprint density at radius 1 is 1.71 bits per heavy atom. The van der Waals surface area contributed by atoms with E-state index in [1.54, 1.807) is 12.3 Å². The Hall–Kier alpha value is -1.14. The van der Waals surface area contributed by atoms with E-state index >= 15 is 0 Å². The molecule has 1 aromatic heterocycles. The summed E-state index contributed by atoms with van der Waals surface area (Å²) < 4.78 is 0.749. The van der Waals surface area contributed by atoms with Gasteiger partial charge < -0.3 is 16.6 Å². The maximum absolute atomic E-state index is 10.5. The largest absolute Gasteiger partial charge is 0.480 e. The van der Waals surface area contributed by atoms with E-state index in [1.165, 1.54) is 0 Å². The van der Waals surface area contributed by atoms with Crippen molar-refractivity contribution in [2.24, 2.45) is 5.73 Å². The number of nitrogen functional groups attached to an aromatic ring is 1. The number of nitrogens with zero attached hydrogens (tertiary/aromatic N) is 1. The van der Waals surface area contributed by atoms with Crippen molar-refractivity contribution in [1.82, 2.24) is 4.98 Å². The van der Waals surface area contributed by atoms with Gasteiger partial charge in [-0.2, -0.15) is 0 Å². The predicted molar refractivity (Wildman–Crippen MR) is 55.7 cm³/mol.